The third kappa shape index (κ3) is 4.12. The minimum Gasteiger partial charge on any atom is -0.352 e. The Labute approximate surface area is 127 Å². The average molecular weight is 301 g/mol. The Morgan fingerprint density at radius 2 is 1.86 bits per heavy atom. The van der Waals surface area contributed by atoms with E-state index in [0.717, 1.165) is 6.42 Å². The van der Waals surface area contributed by atoms with Crippen molar-refractivity contribution in [1.29, 1.82) is 0 Å². The lowest BCUT2D eigenvalue weighted by atomic mass is 10.1. The predicted molar refractivity (Wildman–Crippen MR) is 81.2 cm³/mol. The summed E-state index contributed by atoms with van der Waals surface area (Å²) in [7, 11) is 0. The monoisotopic (exact) mass is 301 g/mol. The number of carbonyl (C=O) groups is 2. The fourth-order valence-corrected chi connectivity index (χ4v) is 1.80. The normalized spacial score (nSPS) is 10.1. The molecule has 0 spiro atoms. The number of benzene rings is 1. The van der Waals surface area contributed by atoms with Crippen molar-refractivity contribution < 1.29 is 14.0 Å². The Balaban J connectivity index is 2.11. The van der Waals surface area contributed by atoms with Crippen molar-refractivity contribution in [2.24, 2.45) is 0 Å². The maximum atomic E-state index is 13.1. The first-order valence-electron chi connectivity index (χ1n) is 6.90. The number of hydrogen-bond donors (Lipinski definition) is 2. The van der Waals surface area contributed by atoms with Gasteiger partial charge in [-0.15, -0.1) is 0 Å². The van der Waals surface area contributed by atoms with Gasteiger partial charge in [-0.05, 0) is 30.7 Å². The zero-order chi connectivity index (χ0) is 15.9. The highest BCUT2D eigenvalue weighted by Gasteiger charge is 2.11. The largest absolute Gasteiger partial charge is 0.352 e. The number of pyridine rings is 1. The third-order valence-corrected chi connectivity index (χ3v) is 2.88. The van der Waals surface area contributed by atoms with E-state index in [-0.39, 0.29) is 11.5 Å². The van der Waals surface area contributed by atoms with Gasteiger partial charge in [-0.3, -0.25) is 14.6 Å². The molecule has 2 N–H and O–H groups in total. The molecule has 0 aliphatic heterocycles. The topological polar surface area (TPSA) is 71.1 Å². The summed E-state index contributed by atoms with van der Waals surface area (Å²) in [6.45, 7) is 2.50. The van der Waals surface area contributed by atoms with Crippen molar-refractivity contribution in [3.8, 4) is 0 Å². The maximum absolute atomic E-state index is 13.1. The van der Waals surface area contributed by atoms with Crippen LogP contribution in [0, 0.1) is 5.82 Å². The molecule has 1 aromatic heterocycles. The van der Waals surface area contributed by atoms with Gasteiger partial charge in [0.05, 0.1) is 11.1 Å². The number of hydrogen-bond acceptors (Lipinski definition) is 3. The van der Waals surface area contributed by atoms with Gasteiger partial charge >= 0.3 is 0 Å². The first-order chi connectivity index (χ1) is 10.6. The molecule has 0 aliphatic carbocycles. The lowest BCUT2D eigenvalue weighted by Crippen LogP contribution is -2.24. The SMILES string of the molecule is CCCNC(=O)c1cncc(C(=O)Nc2cccc(F)c2)c1. The second-order valence-corrected chi connectivity index (χ2v) is 4.68. The summed E-state index contributed by atoms with van der Waals surface area (Å²) in [5, 5.41) is 5.27. The summed E-state index contributed by atoms with van der Waals surface area (Å²) in [5.41, 5.74) is 0.875. The Hall–Kier alpha value is -2.76. The minimum absolute atomic E-state index is 0.230. The maximum Gasteiger partial charge on any atom is 0.257 e. The first-order valence-corrected chi connectivity index (χ1v) is 6.90. The number of carbonyl (C=O) groups excluding carboxylic acids is 2. The molecule has 2 rings (SSSR count). The fraction of sp³-hybridized carbons (Fsp3) is 0.188. The van der Waals surface area contributed by atoms with E-state index in [0.29, 0.717) is 17.8 Å². The molecule has 1 aromatic carbocycles. The van der Waals surface area contributed by atoms with Crippen molar-refractivity contribution in [3.05, 3.63) is 59.7 Å². The zero-order valence-corrected chi connectivity index (χ0v) is 12.1. The highest BCUT2D eigenvalue weighted by atomic mass is 19.1. The van der Waals surface area contributed by atoms with E-state index in [1.54, 1.807) is 6.07 Å². The summed E-state index contributed by atoms with van der Waals surface area (Å²) in [6, 6.07) is 7.02. The smallest absolute Gasteiger partial charge is 0.257 e. The van der Waals surface area contributed by atoms with Crippen LogP contribution in [-0.4, -0.2) is 23.3 Å². The number of halogens is 1. The number of anilines is 1. The fourth-order valence-electron chi connectivity index (χ4n) is 1.80. The number of nitrogens with one attached hydrogen (secondary N) is 2. The molecule has 2 amide bonds. The van der Waals surface area contributed by atoms with Crippen LogP contribution in [-0.2, 0) is 0 Å². The van der Waals surface area contributed by atoms with Gasteiger partial charge in [0, 0.05) is 24.6 Å². The lowest BCUT2D eigenvalue weighted by molar-refractivity contribution is 0.0953. The first kappa shape index (κ1) is 15.6. The number of nitrogens with zero attached hydrogens (tertiary/aromatic N) is 1. The Morgan fingerprint density at radius 3 is 2.55 bits per heavy atom. The van der Waals surface area contributed by atoms with Crippen LogP contribution < -0.4 is 10.6 Å². The van der Waals surface area contributed by atoms with Gasteiger partial charge in [0.25, 0.3) is 11.8 Å². The van der Waals surface area contributed by atoms with E-state index in [9.17, 15) is 14.0 Å². The predicted octanol–water partition coefficient (Wildman–Crippen LogP) is 2.61. The Kier molecular flexibility index (Phi) is 5.19. The Bertz CT molecular complexity index is 689. The van der Waals surface area contributed by atoms with E-state index < -0.39 is 11.7 Å². The number of amides is 2. The van der Waals surface area contributed by atoms with E-state index in [1.165, 1.54) is 36.7 Å². The highest BCUT2D eigenvalue weighted by Crippen LogP contribution is 2.11. The molecule has 6 heteroatoms. The lowest BCUT2D eigenvalue weighted by Gasteiger charge is -2.07. The van der Waals surface area contributed by atoms with Crippen molar-refractivity contribution in [2.45, 2.75) is 13.3 Å². The van der Waals surface area contributed by atoms with Crippen LogP contribution in [0.2, 0.25) is 0 Å². The summed E-state index contributed by atoms with van der Waals surface area (Å²) in [4.78, 5) is 27.9. The molecule has 114 valence electrons. The van der Waals surface area contributed by atoms with Crippen LogP contribution in [0.25, 0.3) is 0 Å². The molecule has 0 bridgehead atoms. The van der Waals surface area contributed by atoms with E-state index in [2.05, 4.69) is 15.6 Å². The van der Waals surface area contributed by atoms with Gasteiger partial charge in [-0.2, -0.15) is 0 Å². The Morgan fingerprint density at radius 1 is 1.14 bits per heavy atom. The number of aromatic nitrogens is 1. The average Bonchev–Trinajstić information content (AvgIpc) is 2.52. The molecule has 0 saturated carbocycles. The summed E-state index contributed by atoms with van der Waals surface area (Å²) >= 11 is 0. The molecular weight excluding hydrogens is 285 g/mol. The molecule has 5 nitrogen and oxygen atoms in total. The van der Waals surface area contributed by atoms with Gasteiger partial charge in [0.15, 0.2) is 0 Å². The van der Waals surface area contributed by atoms with Crippen LogP contribution in [0.4, 0.5) is 10.1 Å². The molecule has 0 radical (unpaired) electrons. The minimum atomic E-state index is -0.455. The van der Waals surface area contributed by atoms with Gasteiger partial charge in [0.2, 0.25) is 0 Å². The summed E-state index contributed by atoms with van der Waals surface area (Å²) in [5.74, 6) is -1.18. The molecule has 0 fully saturated rings. The number of rotatable bonds is 5. The molecular formula is C16H16FN3O2. The van der Waals surface area contributed by atoms with Gasteiger partial charge in [-0.1, -0.05) is 13.0 Å². The van der Waals surface area contributed by atoms with Gasteiger partial charge in [-0.25, -0.2) is 4.39 Å². The zero-order valence-electron chi connectivity index (χ0n) is 12.1. The van der Waals surface area contributed by atoms with Crippen molar-refractivity contribution >= 4 is 17.5 Å². The second kappa shape index (κ2) is 7.31. The second-order valence-electron chi connectivity index (χ2n) is 4.68. The molecule has 22 heavy (non-hydrogen) atoms. The molecule has 0 atom stereocenters. The van der Waals surface area contributed by atoms with E-state index in [4.69, 9.17) is 0 Å². The van der Waals surface area contributed by atoms with E-state index in [1.807, 2.05) is 6.92 Å². The standard InChI is InChI=1S/C16H16FN3O2/c1-2-6-19-15(21)11-7-12(10-18-9-11)16(22)20-14-5-3-4-13(17)8-14/h3-5,7-10H,2,6H2,1H3,(H,19,21)(H,20,22). The molecule has 0 aliphatic rings. The van der Waals surface area contributed by atoms with Gasteiger partial charge < -0.3 is 10.6 Å². The quantitative estimate of drug-likeness (QED) is 0.891. The third-order valence-electron chi connectivity index (χ3n) is 2.88. The van der Waals surface area contributed by atoms with Crippen molar-refractivity contribution in [1.82, 2.24) is 10.3 Å². The van der Waals surface area contributed by atoms with E-state index >= 15 is 0 Å². The molecule has 2 aromatic rings. The molecule has 0 unspecified atom stereocenters. The van der Waals surface area contributed by atoms with Crippen LogP contribution >= 0.6 is 0 Å². The van der Waals surface area contributed by atoms with Crippen LogP contribution in [0.1, 0.15) is 34.1 Å². The van der Waals surface area contributed by atoms with Crippen molar-refractivity contribution in [2.75, 3.05) is 11.9 Å². The molecule has 1 heterocycles. The summed E-state index contributed by atoms with van der Waals surface area (Å²) < 4.78 is 13.1. The van der Waals surface area contributed by atoms with Crippen LogP contribution in [0.3, 0.4) is 0 Å². The van der Waals surface area contributed by atoms with Crippen LogP contribution in [0.5, 0.6) is 0 Å². The molecule has 0 saturated heterocycles. The summed E-state index contributed by atoms with van der Waals surface area (Å²) in [6.07, 6.45) is 3.56. The van der Waals surface area contributed by atoms with Crippen LogP contribution in [0.15, 0.2) is 42.7 Å². The highest BCUT2D eigenvalue weighted by molar-refractivity contribution is 6.05. The van der Waals surface area contributed by atoms with Gasteiger partial charge in [0.1, 0.15) is 5.82 Å². The van der Waals surface area contributed by atoms with Crippen molar-refractivity contribution in [3.63, 3.8) is 0 Å².